The van der Waals surface area contributed by atoms with Gasteiger partial charge in [0, 0.05) is 16.8 Å². The number of nitrogen functional groups attached to an aromatic ring is 1. The molecule has 2 aromatic rings. The van der Waals surface area contributed by atoms with E-state index in [1.807, 2.05) is 18.2 Å². The number of Topliss-reactive ketones (excluding diaryl/α,β-unsaturated/α-hetero) is 1. The zero-order chi connectivity index (χ0) is 15.7. The third-order valence-corrected chi connectivity index (χ3v) is 3.83. The Kier molecular flexibility index (Phi) is 3.51. The number of anilines is 1. The number of fused-ring (bicyclic) bond motifs is 1. The lowest BCUT2D eigenvalue weighted by Gasteiger charge is -2.18. The Bertz CT molecular complexity index is 788. The molecule has 0 spiro atoms. The highest BCUT2D eigenvalue weighted by Gasteiger charge is 2.22. The van der Waals surface area contributed by atoms with Crippen LogP contribution in [0.4, 0.5) is 5.69 Å². The molecular formula is C18H15NO3. The molecule has 110 valence electrons. The quantitative estimate of drug-likeness (QED) is 0.658. The van der Waals surface area contributed by atoms with Gasteiger partial charge in [0.2, 0.25) is 0 Å². The number of aryl methyl sites for hydroxylation is 1. The summed E-state index contributed by atoms with van der Waals surface area (Å²) in [5.41, 5.74) is 9.63. The van der Waals surface area contributed by atoms with Crippen LogP contribution in [0.25, 0.3) is 6.08 Å². The Morgan fingerprint density at radius 3 is 2.50 bits per heavy atom. The van der Waals surface area contributed by atoms with Crippen molar-refractivity contribution in [2.24, 2.45) is 0 Å². The number of aromatic carboxylic acids is 1. The highest BCUT2D eigenvalue weighted by molar-refractivity contribution is 6.13. The van der Waals surface area contributed by atoms with Crippen molar-refractivity contribution >= 4 is 23.5 Å². The van der Waals surface area contributed by atoms with Crippen LogP contribution in [0.1, 0.15) is 38.3 Å². The maximum atomic E-state index is 12.5. The van der Waals surface area contributed by atoms with Crippen LogP contribution in [0.5, 0.6) is 0 Å². The molecule has 3 N–H and O–H groups in total. The van der Waals surface area contributed by atoms with Gasteiger partial charge in [-0.2, -0.15) is 0 Å². The molecule has 1 aliphatic rings. The van der Waals surface area contributed by atoms with Gasteiger partial charge in [0.25, 0.3) is 0 Å². The lowest BCUT2D eigenvalue weighted by Crippen LogP contribution is -2.15. The first kappa shape index (κ1) is 14.1. The number of carbonyl (C=O) groups is 2. The van der Waals surface area contributed by atoms with E-state index >= 15 is 0 Å². The van der Waals surface area contributed by atoms with Crippen LogP contribution in [0.15, 0.2) is 48.0 Å². The topological polar surface area (TPSA) is 80.4 Å². The van der Waals surface area contributed by atoms with Crippen molar-refractivity contribution < 1.29 is 14.7 Å². The van der Waals surface area contributed by atoms with E-state index in [2.05, 4.69) is 0 Å². The molecule has 22 heavy (non-hydrogen) atoms. The molecule has 2 aromatic carbocycles. The second-order valence-corrected chi connectivity index (χ2v) is 5.34. The molecule has 0 heterocycles. The van der Waals surface area contributed by atoms with Crippen LogP contribution in [-0.4, -0.2) is 16.9 Å². The first-order valence-corrected chi connectivity index (χ1v) is 7.01. The summed E-state index contributed by atoms with van der Waals surface area (Å²) in [6.07, 6.45) is 3.15. The molecule has 0 unspecified atom stereocenters. The minimum Gasteiger partial charge on any atom is -0.478 e. The number of hydrogen-bond acceptors (Lipinski definition) is 3. The molecule has 0 atom stereocenters. The predicted molar refractivity (Wildman–Crippen MR) is 84.9 cm³/mol. The van der Waals surface area contributed by atoms with Crippen molar-refractivity contribution in [3.8, 4) is 0 Å². The maximum Gasteiger partial charge on any atom is 0.335 e. The summed E-state index contributed by atoms with van der Waals surface area (Å²) in [6.45, 7) is 0. The number of benzene rings is 2. The molecule has 4 heteroatoms. The maximum absolute atomic E-state index is 12.5. The average molecular weight is 293 g/mol. The molecule has 4 nitrogen and oxygen atoms in total. The third-order valence-electron chi connectivity index (χ3n) is 3.83. The van der Waals surface area contributed by atoms with E-state index in [1.165, 1.54) is 6.07 Å². The predicted octanol–water partition coefficient (Wildman–Crippen LogP) is 3.18. The third kappa shape index (κ3) is 2.63. The van der Waals surface area contributed by atoms with Crippen LogP contribution >= 0.6 is 0 Å². The molecule has 0 bridgehead atoms. The SMILES string of the molecule is Nc1ccc(C=C2CCc3cc(C(=O)O)ccc3C2=O)cc1. The molecular weight excluding hydrogens is 278 g/mol. The minimum atomic E-state index is -0.974. The van der Waals surface area contributed by atoms with Crippen LogP contribution in [-0.2, 0) is 6.42 Å². The molecule has 0 radical (unpaired) electrons. The van der Waals surface area contributed by atoms with Gasteiger partial charge >= 0.3 is 5.97 Å². The Balaban J connectivity index is 1.94. The highest BCUT2D eigenvalue weighted by Crippen LogP contribution is 2.27. The second kappa shape index (κ2) is 5.48. The lowest BCUT2D eigenvalue weighted by atomic mass is 9.85. The summed E-state index contributed by atoms with van der Waals surface area (Å²) in [4.78, 5) is 23.5. The molecule has 3 rings (SSSR count). The van der Waals surface area contributed by atoms with Gasteiger partial charge in [-0.25, -0.2) is 4.79 Å². The largest absolute Gasteiger partial charge is 0.478 e. The molecule has 1 aliphatic carbocycles. The number of hydrogen-bond donors (Lipinski definition) is 2. The summed E-state index contributed by atoms with van der Waals surface area (Å²) in [7, 11) is 0. The van der Waals surface area contributed by atoms with Crippen molar-refractivity contribution in [3.63, 3.8) is 0 Å². The fraction of sp³-hybridized carbons (Fsp3) is 0.111. The van der Waals surface area contributed by atoms with Crippen LogP contribution < -0.4 is 5.73 Å². The molecule has 0 saturated heterocycles. The summed E-state index contributed by atoms with van der Waals surface area (Å²) < 4.78 is 0. The van der Waals surface area contributed by atoms with E-state index in [0.717, 1.165) is 16.7 Å². The minimum absolute atomic E-state index is 0.0324. The number of nitrogens with two attached hydrogens (primary N) is 1. The molecule has 0 amide bonds. The zero-order valence-corrected chi connectivity index (χ0v) is 11.9. The van der Waals surface area contributed by atoms with Crippen LogP contribution in [0.3, 0.4) is 0 Å². The highest BCUT2D eigenvalue weighted by atomic mass is 16.4. The van der Waals surface area contributed by atoms with Crippen molar-refractivity contribution in [2.45, 2.75) is 12.8 Å². The number of carbonyl (C=O) groups excluding carboxylic acids is 1. The zero-order valence-electron chi connectivity index (χ0n) is 11.9. The number of allylic oxidation sites excluding steroid dienone is 1. The average Bonchev–Trinajstić information content (AvgIpc) is 2.52. The molecule has 0 aromatic heterocycles. The fourth-order valence-electron chi connectivity index (χ4n) is 2.64. The van der Waals surface area contributed by atoms with Gasteiger partial charge < -0.3 is 10.8 Å². The fourth-order valence-corrected chi connectivity index (χ4v) is 2.64. The summed E-state index contributed by atoms with van der Waals surface area (Å²) in [6, 6.07) is 12.0. The monoisotopic (exact) mass is 293 g/mol. The van der Waals surface area contributed by atoms with E-state index in [0.29, 0.717) is 24.1 Å². The first-order chi connectivity index (χ1) is 10.5. The number of rotatable bonds is 2. The normalized spacial score (nSPS) is 15.6. The second-order valence-electron chi connectivity index (χ2n) is 5.34. The number of carboxylic acids is 1. The molecule has 0 aliphatic heterocycles. The van der Waals surface area contributed by atoms with Crippen LogP contribution in [0, 0.1) is 0 Å². The van der Waals surface area contributed by atoms with Gasteiger partial charge in [-0.1, -0.05) is 12.1 Å². The Morgan fingerprint density at radius 2 is 1.82 bits per heavy atom. The smallest absolute Gasteiger partial charge is 0.335 e. The van der Waals surface area contributed by atoms with Gasteiger partial charge in [-0.05, 0) is 60.4 Å². The Labute approximate surface area is 127 Å². The van der Waals surface area contributed by atoms with Gasteiger partial charge in [0.15, 0.2) is 5.78 Å². The Morgan fingerprint density at radius 1 is 1.09 bits per heavy atom. The van der Waals surface area contributed by atoms with Gasteiger partial charge in [-0.15, -0.1) is 0 Å². The molecule has 0 fully saturated rings. The van der Waals surface area contributed by atoms with Gasteiger partial charge in [-0.3, -0.25) is 4.79 Å². The van der Waals surface area contributed by atoms with E-state index in [9.17, 15) is 9.59 Å². The van der Waals surface area contributed by atoms with Crippen molar-refractivity contribution in [3.05, 3.63) is 70.3 Å². The summed E-state index contributed by atoms with van der Waals surface area (Å²) in [5, 5.41) is 9.01. The van der Waals surface area contributed by atoms with Crippen molar-refractivity contribution in [1.82, 2.24) is 0 Å². The van der Waals surface area contributed by atoms with Gasteiger partial charge in [0.05, 0.1) is 5.56 Å². The van der Waals surface area contributed by atoms with E-state index < -0.39 is 5.97 Å². The standard InChI is InChI=1S/C18H15NO3/c19-15-6-1-11(2-7-15)9-13-4-3-12-10-14(18(21)22)5-8-16(12)17(13)20/h1-2,5-10H,3-4,19H2,(H,21,22). The van der Waals surface area contributed by atoms with Crippen molar-refractivity contribution in [1.29, 1.82) is 0 Å². The van der Waals surface area contributed by atoms with E-state index in [1.54, 1.807) is 24.3 Å². The number of carboxylic acid groups (broad SMARTS) is 1. The lowest BCUT2D eigenvalue weighted by molar-refractivity contribution is 0.0696. The van der Waals surface area contributed by atoms with E-state index in [4.69, 9.17) is 10.8 Å². The Hall–Kier alpha value is -2.88. The van der Waals surface area contributed by atoms with E-state index in [-0.39, 0.29) is 11.3 Å². The van der Waals surface area contributed by atoms with Crippen LogP contribution in [0.2, 0.25) is 0 Å². The number of ketones is 1. The van der Waals surface area contributed by atoms with Gasteiger partial charge in [0.1, 0.15) is 0 Å². The van der Waals surface area contributed by atoms with Crippen molar-refractivity contribution in [2.75, 3.05) is 5.73 Å². The summed E-state index contributed by atoms with van der Waals surface area (Å²) >= 11 is 0. The first-order valence-electron chi connectivity index (χ1n) is 7.01. The summed E-state index contributed by atoms with van der Waals surface area (Å²) in [5.74, 6) is -1.01. The molecule has 0 saturated carbocycles.